The Balaban J connectivity index is 4.31. The van der Waals surface area contributed by atoms with Crippen LogP contribution in [-0.2, 0) is 28.6 Å². The number of hydrogen-bond acceptors (Lipinski definition) is 6. The van der Waals surface area contributed by atoms with Crippen LogP contribution in [0.1, 0.15) is 278 Å². The number of esters is 3. The van der Waals surface area contributed by atoms with Gasteiger partial charge in [0.1, 0.15) is 13.2 Å². The summed E-state index contributed by atoms with van der Waals surface area (Å²) < 4.78 is 16.8. The maximum atomic E-state index is 12.8. The largest absolute Gasteiger partial charge is 0.462 e. The first-order chi connectivity index (χ1) is 30.0. The molecule has 0 spiro atoms. The first kappa shape index (κ1) is 58.6. The number of ether oxygens (including phenoxy) is 3. The van der Waals surface area contributed by atoms with E-state index in [9.17, 15) is 14.4 Å². The highest BCUT2D eigenvalue weighted by Gasteiger charge is 2.19. The lowest BCUT2D eigenvalue weighted by atomic mass is 10.0. The lowest BCUT2D eigenvalue weighted by Gasteiger charge is -2.18. The first-order valence-corrected chi connectivity index (χ1v) is 26.5. The van der Waals surface area contributed by atoms with Crippen molar-refractivity contribution in [3.05, 3.63) is 36.5 Å². The van der Waals surface area contributed by atoms with Crippen molar-refractivity contribution < 1.29 is 28.6 Å². The second-order valence-electron chi connectivity index (χ2n) is 17.8. The summed E-state index contributed by atoms with van der Waals surface area (Å²) in [6.07, 6.45) is 58.4. The zero-order valence-corrected chi connectivity index (χ0v) is 40.7. The van der Waals surface area contributed by atoms with Crippen LogP contribution in [0.15, 0.2) is 36.5 Å². The van der Waals surface area contributed by atoms with Crippen molar-refractivity contribution in [2.75, 3.05) is 13.2 Å². The summed E-state index contributed by atoms with van der Waals surface area (Å²) in [6, 6.07) is 0. The quantitative estimate of drug-likeness (QED) is 0.0262. The highest BCUT2D eigenvalue weighted by molar-refractivity contribution is 5.71. The van der Waals surface area contributed by atoms with Gasteiger partial charge in [-0.2, -0.15) is 0 Å². The minimum absolute atomic E-state index is 0.0711. The molecule has 0 amide bonds. The van der Waals surface area contributed by atoms with Crippen LogP contribution in [0.5, 0.6) is 0 Å². The van der Waals surface area contributed by atoms with E-state index in [4.69, 9.17) is 14.2 Å². The van der Waals surface area contributed by atoms with Crippen molar-refractivity contribution in [2.24, 2.45) is 0 Å². The molecule has 0 aromatic heterocycles. The minimum atomic E-state index is -0.770. The number of hydrogen-bond donors (Lipinski definition) is 0. The smallest absolute Gasteiger partial charge is 0.306 e. The molecule has 0 aliphatic heterocycles. The number of carbonyl (C=O) groups is 3. The third kappa shape index (κ3) is 48.5. The van der Waals surface area contributed by atoms with Gasteiger partial charge in [-0.25, -0.2) is 0 Å². The van der Waals surface area contributed by atoms with Gasteiger partial charge < -0.3 is 14.2 Å². The minimum Gasteiger partial charge on any atom is -0.462 e. The molecule has 356 valence electrons. The molecular formula is C55H100O6. The van der Waals surface area contributed by atoms with Gasteiger partial charge >= 0.3 is 17.9 Å². The van der Waals surface area contributed by atoms with Gasteiger partial charge in [-0.05, 0) is 51.4 Å². The third-order valence-electron chi connectivity index (χ3n) is 11.7. The molecule has 1 atom stereocenters. The highest BCUT2D eigenvalue weighted by Crippen LogP contribution is 2.16. The fourth-order valence-corrected chi connectivity index (χ4v) is 7.69. The molecule has 0 radical (unpaired) electrons. The Hall–Kier alpha value is -2.37. The number of rotatable bonds is 48. The van der Waals surface area contributed by atoms with Gasteiger partial charge in [0.15, 0.2) is 6.10 Å². The van der Waals surface area contributed by atoms with Gasteiger partial charge in [0.25, 0.3) is 0 Å². The summed E-state index contributed by atoms with van der Waals surface area (Å²) in [7, 11) is 0. The zero-order chi connectivity index (χ0) is 44.4. The van der Waals surface area contributed by atoms with Crippen LogP contribution in [0.2, 0.25) is 0 Å². The van der Waals surface area contributed by atoms with E-state index in [1.807, 2.05) is 0 Å². The standard InChI is InChI=1S/C55H100O6/c1-4-7-10-13-16-19-22-24-26-28-30-31-33-36-39-42-45-48-54(57)60-51-52(50-59-53(56)47-44-41-38-35-21-18-15-12-9-6-3)61-55(58)49-46-43-40-37-34-32-29-27-25-23-20-17-14-11-8-5-2/h7,10,16,19,24,26,52H,4-6,8-9,11-15,17-18,20-23,25,27-51H2,1-3H3/b10-7-,19-16-,26-24-. The van der Waals surface area contributed by atoms with Crippen molar-refractivity contribution in [1.82, 2.24) is 0 Å². The van der Waals surface area contributed by atoms with Crippen molar-refractivity contribution in [3.63, 3.8) is 0 Å². The highest BCUT2D eigenvalue weighted by atomic mass is 16.6. The Morgan fingerprint density at radius 3 is 1.00 bits per heavy atom. The maximum absolute atomic E-state index is 12.8. The molecule has 0 aromatic rings. The molecule has 61 heavy (non-hydrogen) atoms. The third-order valence-corrected chi connectivity index (χ3v) is 11.7. The van der Waals surface area contributed by atoms with Gasteiger partial charge in [0.2, 0.25) is 0 Å². The molecule has 0 aliphatic carbocycles. The Bertz CT molecular complexity index is 1030. The molecule has 1 unspecified atom stereocenters. The van der Waals surface area contributed by atoms with Crippen molar-refractivity contribution in [1.29, 1.82) is 0 Å². The lowest BCUT2D eigenvalue weighted by Crippen LogP contribution is -2.30. The second kappa shape index (κ2) is 50.3. The second-order valence-corrected chi connectivity index (χ2v) is 17.8. The molecule has 0 aromatic carbocycles. The predicted octanol–water partition coefficient (Wildman–Crippen LogP) is 17.3. The fourth-order valence-electron chi connectivity index (χ4n) is 7.69. The van der Waals surface area contributed by atoms with Crippen LogP contribution >= 0.6 is 0 Å². The van der Waals surface area contributed by atoms with Crippen LogP contribution in [0.3, 0.4) is 0 Å². The summed E-state index contributed by atoms with van der Waals surface area (Å²) >= 11 is 0. The van der Waals surface area contributed by atoms with E-state index in [0.29, 0.717) is 19.3 Å². The first-order valence-electron chi connectivity index (χ1n) is 26.5. The summed E-state index contributed by atoms with van der Waals surface area (Å²) in [5, 5.41) is 0. The molecule has 0 bridgehead atoms. The number of allylic oxidation sites excluding steroid dienone is 6. The predicted molar refractivity (Wildman–Crippen MR) is 261 cm³/mol. The zero-order valence-electron chi connectivity index (χ0n) is 40.7. The van der Waals surface area contributed by atoms with Crippen LogP contribution in [0.25, 0.3) is 0 Å². The molecule has 6 nitrogen and oxygen atoms in total. The van der Waals surface area contributed by atoms with Gasteiger partial charge in [-0.15, -0.1) is 0 Å². The maximum Gasteiger partial charge on any atom is 0.306 e. The summed E-state index contributed by atoms with van der Waals surface area (Å²) in [5.74, 6) is -0.869. The molecular weight excluding hydrogens is 757 g/mol. The Kier molecular flexibility index (Phi) is 48.3. The topological polar surface area (TPSA) is 78.9 Å². The Morgan fingerprint density at radius 2 is 0.639 bits per heavy atom. The normalized spacial score (nSPS) is 12.2. The van der Waals surface area contributed by atoms with Crippen LogP contribution in [-0.4, -0.2) is 37.2 Å². The van der Waals surface area contributed by atoms with E-state index in [2.05, 4.69) is 57.2 Å². The number of carbonyl (C=O) groups excluding carboxylic acids is 3. The van der Waals surface area contributed by atoms with Crippen molar-refractivity contribution >= 4 is 17.9 Å². The molecule has 0 heterocycles. The Labute approximate surface area is 378 Å². The molecule has 0 saturated heterocycles. The average Bonchev–Trinajstić information content (AvgIpc) is 3.26. The van der Waals surface area contributed by atoms with Gasteiger partial charge in [-0.1, -0.05) is 243 Å². The molecule has 0 N–H and O–H groups in total. The molecule has 6 heteroatoms. The molecule has 0 fully saturated rings. The molecule has 0 saturated carbocycles. The SMILES string of the molecule is CC/C=C\C/C=C\C/C=C\CCCCCCCCCC(=O)OCC(COC(=O)CCCCCCCCCCCC)OC(=O)CCCCCCCCCCCCCCCCCC. The van der Waals surface area contributed by atoms with Crippen molar-refractivity contribution in [3.8, 4) is 0 Å². The van der Waals surface area contributed by atoms with E-state index < -0.39 is 6.10 Å². The van der Waals surface area contributed by atoms with E-state index in [-0.39, 0.29) is 31.1 Å². The van der Waals surface area contributed by atoms with E-state index in [1.54, 1.807) is 0 Å². The van der Waals surface area contributed by atoms with Gasteiger partial charge in [0.05, 0.1) is 0 Å². The lowest BCUT2D eigenvalue weighted by molar-refractivity contribution is -0.167. The van der Waals surface area contributed by atoms with E-state index >= 15 is 0 Å². The van der Waals surface area contributed by atoms with Crippen LogP contribution < -0.4 is 0 Å². The molecule has 0 aliphatic rings. The van der Waals surface area contributed by atoms with Gasteiger partial charge in [0, 0.05) is 19.3 Å². The van der Waals surface area contributed by atoms with E-state index in [1.165, 1.54) is 154 Å². The van der Waals surface area contributed by atoms with E-state index in [0.717, 1.165) is 83.5 Å². The van der Waals surface area contributed by atoms with Crippen LogP contribution in [0.4, 0.5) is 0 Å². The fraction of sp³-hybridized carbons (Fsp3) is 0.836. The van der Waals surface area contributed by atoms with Crippen molar-refractivity contribution in [2.45, 2.75) is 284 Å². The van der Waals surface area contributed by atoms with Gasteiger partial charge in [-0.3, -0.25) is 14.4 Å². The summed E-state index contributed by atoms with van der Waals surface area (Å²) in [4.78, 5) is 37.9. The Morgan fingerprint density at radius 1 is 0.344 bits per heavy atom. The van der Waals surface area contributed by atoms with Crippen LogP contribution in [0, 0.1) is 0 Å². The summed E-state index contributed by atoms with van der Waals surface area (Å²) in [6.45, 7) is 6.54. The monoisotopic (exact) mass is 857 g/mol. The molecule has 0 rings (SSSR count). The number of unbranched alkanes of at least 4 members (excludes halogenated alkanes) is 31. The summed E-state index contributed by atoms with van der Waals surface area (Å²) in [5.41, 5.74) is 0. The average molecular weight is 857 g/mol.